The Kier molecular flexibility index (Phi) is 7.05. The van der Waals surface area contributed by atoms with Crippen LogP contribution in [0.1, 0.15) is 31.2 Å². The van der Waals surface area contributed by atoms with Crippen molar-refractivity contribution in [1.82, 2.24) is 14.1 Å². The van der Waals surface area contributed by atoms with E-state index in [4.69, 9.17) is 9.47 Å². The second-order valence-corrected chi connectivity index (χ2v) is 8.66. The van der Waals surface area contributed by atoms with Crippen molar-refractivity contribution in [2.45, 2.75) is 38.6 Å². The van der Waals surface area contributed by atoms with Gasteiger partial charge in [-0.2, -0.15) is 0 Å². The Labute approximate surface area is 188 Å². The second-order valence-electron chi connectivity index (χ2n) is 8.66. The third-order valence-electron chi connectivity index (χ3n) is 6.54. The highest BCUT2D eigenvalue weighted by Gasteiger charge is 2.27. The van der Waals surface area contributed by atoms with E-state index in [0.717, 1.165) is 48.0 Å². The zero-order chi connectivity index (χ0) is 22.5. The van der Waals surface area contributed by atoms with E-state index < -0.39 is 0 Å². The fourth-order valence-electron chi connectivity index (χ4n) is 4.67. The molecule has 0 atom stereocenters. The molecule has 0 N–H and O–H groups in total. The number of benzene rings is 1. The van der Waals surface area contributed by atoms with Gasteiger partial charge in [-0.15, -0.1) is 0 Å². The number of rotatable bonds is 9. The molecule has 1 aliphatic rings. The summed E-state index contributed by atoms with van der Waals surface area (Å²) in [5.41, 5.74) is 2.81. The predicted molar refractivity (Wildman–Crippen MR) is 123 cm³/mol. The average Bonchev–Trinajstić information content (AvgIpc) is 3.05. The third-order valence-corrected chi connectivity index (χ3v) is 6.54. The lowest BCUT2D eigenvalue weighted by Gasteiger charge is -2.28. The van der Waals surface area contributed by atoms with Crippen LogP contribution in [0.2, 0.25) is 0 Å². The first kappa shape index (κ1) is 22.3. The van der Waals surface area contributed by atoms with Gasteiger partial charge < -0.3 is 9.47 Å². The van der Waals surface area contributed by atoms with Gasteiger partial charge in [0.2, 0.25) is 0 Å². The maximum atomic E-state index is 12.9. The van der Waals surface area contributed by atoms with E-state index in [1.165, 1.54) is 0 Å². The van der Waals surface area contributed by atoms with Crippen molar-refractivity contribution in [3.05, 3.63) is 58.8 Å². The molecule has 2 aromatic heterocycles. The van der Waals surface area contributed by atoms with E-state index >= 15 is 0 Å². The summed E-state index contributed by atoms with van der Waals surface area (Å²) in [6, 6.07) is 9.58. The van der Waals surface area contributed by atoms with Crippen LogP contribution in [0.3, 0.4) is 0 Å². The highest BCUT2D eigenvalue weighted by atomic mass is 16.5. The van der Waals surface area contributed by atoms with Crippen molar-refractivity contribution in [3.63, 3.8) is 0 Å². The molecule has 1 saturated carbocycles. The number of carbonyl (C=O) groups excluding carboxylic acids is 1. The highest BCUT2D eigenvalue weighted by molar-refractivity contribution is 5.83. The van der Waals surface area contributed by atoms with Gasteiger partial charge in [0.25, 0.3) is 0 Å². The van der Waals surface area contributed by atoms with Crippen LogP contribution in [0.15, 0.2) is 47.5 Å². The summed E-state index contributed by atoms with van der Waals surface area (Å²) < 4.78 is 14.3. The Morgan fingerprint density at radius 3 is 2.53 bits per heavy atom. The molecule has 2 heterocycles. The zero-order valence-corrected chi connectivity index (χ0v) is 18.8. The van der Waals surface area contributed by atoms with E-state index in [2.05, 4.69) is 4.98 Å². The van der Waals surface area contributed by atoms with Crippen molar-refractivity contribution in [2.75, 3.05) is 20.3 Å². The van der Waals surface area contributed by atoms with Gasteiger partial charge in [0.1, 0.15) is 18.1 Å². The molecular formula is C25H31N3O4. The molecule has 170 valence electrons. The van der Waals surface area contributed by atoms with Crippen LogP contribution in [0, 0.1) is 11.8 Å². The van der Waals surface area contributed by atoms with Crippen molar-refractivity contribution in [3.8, 4) is 5.75 Å². The van der Waals surface area contributed by atoms with Gasteiger partial charge in [-0.05, 0) is 61.4 Å². The summed E-state index contributed by atoms with van der Waals surface area (Å²) in [5, 5.41) is 0. The third kappa shape index (κ3) is 4.93. The topological polar surface area (TPSA) is 75.3 Å². The molecule has 1 fully saturated rings. The summed E-state index contributed by atoms with van der Waals surface area (Å²) in [6.07, 6.45) is 7.63. The molecule has 1 aromatic carbocycles. The van der Waals surface area contributed by atoms with Crippen LogP contribution < -0.4 is 10.4 Å². The number of hydrogen-bond donors (Lipinski definition) is 0. The van der Waals surface area contributed by atoms with Crippen molar-refractivity contribution >= 4 is 16.8 Å². The van der Waals surface area contributed by atoms with Crippen LogP contribution >= 0.6 is 0 Å². The molecule has 0 amide bonds. The first-order valence-electron chi connectivity index (χ1n) is 11.3. The maximum Gasteiger partial charge on any atom is 0.328 e. The van der Waals surface area contributed by atoms with Crippen LogP contribution in [0.25, 0.3) is 11.0 Å². The zero-order valence-electron chi connectivity index (χ0n) is 18.8. The molecule has 1 aliphatic carbocycles. The number of ketones is 1. The largest absolute Gasteiger partial charge is 0.491 e. The summed E-state index contributed by atoms with van der Waals surface area (Å²) in [5.74, 6) is 1.56. The van der Waals surface area contributed by atoms with Gasteiger partial charge >= 0.3 is 5.69 Å². The number of methoxy groups -OCH3 is 1. The normalized spacial score (nSPS) is 18.7. The number of ether oxygens (including phenoxy) is 2. The van der Waals surface area contributed by atoms with Crippen LogP contribution in [0.5, 0.6) is 5.75 Å². The fraction of sp³-hybridized carbons (Fsp3) is 0.480. The van der Waals surface area contributed by atoms with Gasteiger partial charge in [-0.3, -0.25) is 18.9 Å². The number of nitrogens with zero attached hydrogens (tertiary/aromatic N) is 3. The summed E-state index contributed by atoms with van der Waals surface area (Å²) >= 11 is 0. The summed E-state index contributed by atoms with van der Waals surface area (Å²) in [6.45, 7) is 1.66. The van der Waals surface area contributed by atoms with E-state index in [9.17, 15) is 9.59 Å². The quantitative estimate of drug-likeness (QED) is 0.480. The SMILES string of the molecule is COCCOc1ccc2c(c1)n(CC1CCC(C(=O)Cc3ccncc3)CC1)c(=O)n2C. The minimum Gasteiger partial charge on any atom is -0.491 e. The molecule has 0 saturated heterocycles. The number of aryl methyl sites for hydroxylation is 1. The van der Waals surface area contributed by atoms with E-state index in [-0.39, 0.29) is 11.6 Å². The molecule has 0 bridgehead atoms. The number of carbonyl (C=O) groups is 1. The predicted octanol–water partition coefficient (Wildman–Crippen LogP) is 3.38. The standard InChI is InChI=1S/C25H31N3O4/c1-27-22-8-7-21(32-14-13-31-2)16-23(22)28(25(27)30)17-19-3-5-20(6-4-19)24(29)15-18-9-11-26-12-10-18/h7-12,16,19-20H,3-6,13-15,17H2,1-2H3. The summed E-state index contributed by atoms with van der Waals surface area (Å²) in [7, 11) is 3.45. The number of aromatic nitrogens is 3. The second kappa shape index (κ2) is 10.1. The van der Waals surface area contributed by atoms with Crippen molar-refractivity contribution in [1.29, 1.82) is 0 Å². The number of hydrogen-bond acceptors (Lipinski definition) is 5. The maximum absolute atomic E-state index is 12.9. The lowest BCUT2D eigenvalue weighted by Crippen LogP contribution is -2.29. The van der Waals surface area contributed by atoms with Gasteiger partial charge in [-0.1, -0.05) is 0 Å². The molecule has 0 aliphatic heterocycles. The molecule has 0 radical (unpaired) electrons. The van der Waals surface area contributed by atoms with Crippen molar-refractivity contribution in [2.24, 2.45) is 18.9 Å². The minimum absolute atomic E-state index is 0.00933. The van der Waals surface area contributed by atoms with Crippen LogP contribution in [0.4, 0.5) is 0 Å². The fourth-order valence-corrected chi connectivity index (χ4v) is 4.67. The number of fused-ring (bicyclic) bond motifs is 1. The Balaban J connectivity index is 1.41. The first-order valence-corrected chi connectivity index (χ1v) is 11.3. The van der Waals surface area contributed by atoms with Crippen LogP contribution in [-0.2, 0) is 29.5 Å². The first-order chi connectivity index (χ1) is 15.6. The lowest BCUT2D eigenvalue weighted by molar-refractivity contribution is -0.123. The molecule has 4 rings (SSSR count). The molecule has 7 heteroatoms. The molecular weight excluding hydrogens is 406 g/mol. The van der Waals surface area contributed by atoms with E-state index in [1.54, 1.807) is 31.1 Å². The number of imidazole rings is 1. The summed E-state index contributed by atoms with van der Waals surface area (Å²) in [4.78, 5) is 29.6. The van der Waals surface area contributed by atoms with Gasteiger partial charge in [-0.25, -0.2) is 4.79 Å². The van der Waals surface area contributed by atoms with Crippen LogP contribution in [-0.4, -0.2) is 40.2 Å². The molecule has 0 spiro atoms. The molecule has 3 aromatic rings. The van der Waals surface area contributed by atoms with Crippen molar-refractivity contribution < 1.29 is 14.3 Å². The number of pyridine rings is 1. The van der Waals surface area contributed by atoms with E-state index in [0.29, 0.717) is 37.9 Å². The lowest BCUT2D eigenvalue weighted by atomic mass is 9.79. The Morgan fingerprint density at radius 2 is 1.81 bits per heavy atom. The molecule has 0 unspecified atom stereocenters. The molecule has 7 nitrogen and oxygen atoms in total. The Bertz CT molecular complexity index is 1110. The Morgan fingerprint density at radius 1 is 1.06 bits per heavy atom. The highest BCUT2D eigenvalue weighted by Crippen LogP contribution is 2.32. The monoisotopic (exact) mass is 437 g/mol. The van der Waals surface area contributed by atoms with E-state index in [1.807, 2.05) is 34.9 Å². The average molecular weight is 438 g/mol. The smallest absolute Gasteiger partial charge is 0.328 e. The van der Waals surface area contributed by atoms with Gasteiger partial charge in [0, 0.05) is 51.5 Å². The van der Waals surface area contributed by atoms with Gasteiger partial charge in [0.05, 0.1) is 17.6 Å². The van der Waals surface area contributed by atoms with Gasteiger partial charge in [0.15, 0.2) is 0 Å². The minimum atomic E-state index is -0.00933. The number of Topliss-reactive ketones (excluding diaryl/α,β-unsaturated/α-hetero) is 1. The Hall–Kier alpha value is -2.93. The molecule has 32 heavy (non-hydrogen) atoms.